The maximum Gasteiger partial charge on any atom is 0.256 e. The van der Waals surface area contributed by atoms with Gasteiger partial charge in [0, 0.05) is 25.4 Å². The molecule has 4 rings (SSSR count). The number of hydrazone groups is 1. The maximum atomic E-state index is 12.7. The Morgan fingerprint density at radius 2 is 2.00 bits per heavy atom. The number of amides is 1. The van der Waals surface area contributed by atoms with E-state index in [2.05, 4.69) is 52.1 Å². The Morgan fingerprint density at radius 3 is 2.76 bits per heavy atom. The third-order valence-corrected chi connectivity index (χ3v) is 5.22. The fraction of sp³-hybridized carbons (Fsp3) is 0.400. The molecule has 0 N–H and O–H groups in total. The van der Waals surface area contributed by atoms with Gasteiger partial charge in [-0.25, -0.2) is 5.01 Å². The van der Waals surface area contributed by atoms with Gasteiger partial charge in [-0.05, 0) is 37.1 Å². The van der Waals surface area contributed by atoms with Crippen molar-refractivity contribution in [3.8, 4) is 0 Å². The number of carbonyl (C=O) groups is 1. The minimum Gasteiger partial charge on any atom is -0.353 e. The van der Waals surface area contributed by atoms with E-state index in [1.807, 2.05) is 18.2 Å². The summed E-state index contributed by atoms with van der Waals surface area (Å²) in [4.78, 5) is 15.0. The van der Waals surface area contributed by atoms with Crippen LogP contribution in [-0.4, -0.2) is 45.7 Å². The van der Waals surface area contributed by atoms with Gasteiger partial charge in [-0.15, -0.1) is 0 Å². The van der Waals surface area contributed by atoms with E-state index in [1.54, 1.807) is 5.01 Å². The van der Waals surface area contributed by atoms with Gasteiger partial charge in [0.05, 0.1) is 24.8 Å². The van der Waals surface area contributed by atoms with E-state index in [9.17, 15) is 4.79 Å². The Balaban J connectivity index is 1.44. The van der Waals surface area contributed by atoms with Crippen LogP contribution in [0.15, 0.2) is 53.8 Å². The Kier molecular flexibility index (Phi) is 4.40. The molecule has 1 saturated heterocycles. The predicted octanol–water partition coefficient (Wildman–Crippen LogP) is 2.80. The second kappa shape index (κ2) is 6.84. The van der Waals surface area contributed by atoms with Gasteiger partial charge >= 0.3 is 0 Å². The average molecular weight is 336 g/mol. The number of nitrogens with zero attached hydrogens (tertiary/aromatic N) is 4. The number of hydrogen-bond acceptors (Lipinski definition) is 3. The van der Waals surface area contributed by atoms with Crippen molar-refractivity contribution >= 4 is 11.6 Å². The minimum absolute atomic E-state index is 0.104. The molecule has 0 saturated carbocycles. The van der Waals surface area contributed by atoms with Crippen molar-refractivity contribution in [2.45, 2.75) is 25.3 Å². The molecule has 5 nitrogen and oxygen atoms in total. The lowest BCUT2D eigenvalue weighted by Gasteiger charge is -2.25. The number of carbonyl (C=O) groups excluding carboxylic acids is 1. The third kappa shape index (κ3) is 3.24. The molecule has 1 fully saturated rings. The van der Waals surface area contributed by atoms with Crippen LogP contribution in [0.5, 0.6) is 0 Å². The molecule has 25 heavy (non-hydrogen) atoms. The molecule has 1 unspecified atom stereocenters. The van der Waals surface area contributed by atoms with Gasteiger partial charge in [-0.3, -0.25) is 9.69 Å². The fourth-order valence-electron chi connectivity index (χ4n) is 3.90. The van der Waals surface area contributed by atoms with Crippen molar-refractivity contribution in [1.82, 2.24) is 14.5 Å². The molecule has 0 aliphatic carbocycles. The Bertz CT molecular complexity index is 780. The molecule has 3 heterocycles. The molecular formula is C20H24N4O. The zero-order valence-corrected chi connectivity index (χ0v) is 14.6. The molecular weight excluding hydrogens is 312 g/mol. The second-order valence-corrected chi connectivity index (χ2v) is 6.85. The second-order valence-electron chi connectivity index (χ2n) is 6.85. The summed E-state index contributed by atoms with van der Waals surface area (Å²) >= 11 is 0. The van der Waals surface area contributed by atoms with Crippen molar-refractivity contribution in [1.29, 1.82) is 0 Å². The van der Waals surface area contributed by atoms with Gasteiger partial charge in [0.2, 0.25) is 0 Å². The monoisotopic (exact) mass is 336 g/mol. The smallest absolute Gasteiger partial charge is 0.256 e. The third-order valence-electron chi connectivity index (χ3n) is 5.22. The Morgan fingerprint density at radius 1 is 1.16 bits per heavy atom. The number of benzene rings is 1. The Labute approximate surface area is 148 Å². The highest BCUT2D eigenvalue weighted by Crippen LogP contribution is 2.31. The first-order valence-corrected chi connectivity index (χ1v) is 9.01. The Hall–Kier alpha value is -2.40. The summed E-state index contributed by atoms with van der Waals surface area (Å²) in [6.45, 7) is 2.11. The van der Waals surface area contributed by atoms with Gasteiger partial charge < -0.3 is 4.57 Å². The van der Waals surface area contributed by atoms with E-state index < -0.39 is 0 Å². The number of aromatic nitrogens is 1. The van der Waals surface area contributed by atoms with Crippen molar-refractivity contribution < 1.29 is 4.79 Å². The molecule has 2 aromatic rings. The summed E-state index contributed by atoms with van der Waals surface area (Å²) in [7, 11) is 2.07. The van der Waals surface area contributed by atoms with Crippen molar-refractivity contribution in [3.05, 3.63) is 59.9 Å². The minimum atomic E-state index is 0.104. The van der Waals surface area contributed by atoms with Crippen LogP contribution in [0.25, 0.3) is 0 Å². The molecule has 1 aromatic heterocycles. The zero-order chi connectivity index (χ0) is 17.2. The zero-order valence-electron chi connectivity index (χ0n) is 14.6. The van der Waals surface area contributed by atoms with Crippen molar-refractivity contribution in [2.24, 2.45) is 12.1 Å². The molecule has 0 spiro atoms. The lowest BCUT2D eigenvalue weighted by Crippen LogP contribution is -2.37. The summed E-state index contributed by atoms with van der Waals surface area (Å²) in [6.07, 6.45) is 5.16. The van der Waals surface area contributed by atoms with Crippen LogP contribution in [-0.2, 0) is 11.8 Å². The average Bonchev–Trinajstić information content (AvgIpc) is 3.36. The summed E-state index contributed by atoms with van der Waals surface area (Å²) in [5.74, 6) is 0.104. The van der Waals surface area contributed by atoms with E-state index >= 15 is 0 Å². The molecule has 0 bridgehead atoms. The number of rotatable bonds is 4. The molecule has 1 aromatic carbocycles. The molecule has 2 aliphatic rings. The fourth-order valence-corrected chi connectivity index (χ4v) is 3.90. The first-order valence-electron chi connectivity index (χ1n) is 9.01. The van der Waals surface area contributed by atoms with Crippen LogP contribution in [0.2, 0.25) is 0 Å². The molecule has 5 heteroatoms. The lowest BCUT2D eigenvalue weighted by atomic mass is 10.1. The predicted molar refractivity (Wildman–Crippen MR) is 98.3 cm³/mol. The molecule has 130 valence electrons. The van der Waals surface area contributed by atoms with E-state index in [1.165, 1.54) is 5.69 Å². The molecule has 1 amide bonds. The van der Waals surface area contributed by atoms with E-state index in [0.29, 0.717) is 19.1 Å². The lowest BCUT2D eigenvalue weighted by molar-refractivity contribution is -0.132. The number of hydrogen-bond donors (Lipinski definition) is 0. The van der Waals surface area contributed by atoms with Crippen molar-refractivity contribution in [2.75, 3.05) is 19.6 Å². The van der Waals surface area contributed by atoms with Crippen LogP contribution in [0.3, 0.4) is 0 Å². The number of likely N-dealkylation sites (tertiary alicyclic amines) is 1. The van der Waals surface area contributed by atoms with Gasteiger partial charge in [0.25, 0.3) is 5.91 Å². The van der Waals surface area contributed by atoms with Gasteiger partial charge in [0.1, 0.15) is 0 Å². The summed E-state index contributed by atoms with van der Waals surface area (Å²) < 4.78 is 2.16. The topological polar surface area (TPSA) is 40.8 Å². The number of aryl methyl sites for hydroxylation is 1. The van der Waals surface area contributed by atoms with Gasteiger partial charge in [0.15, 0.2) is 0 Å². The highest BCUT2D eigenvalue weighted by Gasteiger charge is 2.31. The first kappa shape index (κ1) is 16.1. The normalized spacial score (nSPS) is 20.9. The van der Waals surface area contributed by atoms with Gasteiger partial charge in [-0.2, -0.15) is 5.10 Å². The van der Waals surface area contributed by atoms with Crippen LogP contribution >= 0.6 is 0 Å². The molecule has 1 atom stereocenters. The van der Waals surface area contributed by atoms with Gasteiger partial charge in [-0.1, -0.05) is 30.3 Å². The largest absolute Gasteiger partial charge is 0.353 e. The quantitative estimate of drug-likeness (QED) is 0.861. The van der Waals surface area contributed by atoms with E-state index in [0.717, 1.165) is 37.1 Å². The highest BCUT2D eigenvalue weighted by atomic mass is 16.2. The van der Waals surface area contributed by atoms with E-state index in [4.69, 9.17) is 0 Å². The first-order chi connectivity index (χ1) is 12.2. The highest BCUT2D eigenvalue weighted by molar-refractivity contribution is 6.02. The van der Waals surface area contributed by atoms with Crippen LogP contribution in [0.4, 0.5) is 0 Å². The molecule has 2 aliphatic heterocycles. The standard InChI is InChI=1S/C20H24N4O/c1-22-12-5-9-18(22)19-10-6-13-23(19)15-20(25)24-14-11-17(21-24)16-7-3-2-4-8-16/h2-5,7-9,12,19H,6,10-11,13-15H2,1H3. The summed E-state index contributed by atoms with van der Waals surface area (Å²) in [6, 6.07) is 14.7. The summed E-state index contributed by atoms with van der Waals surface area (Å²) in [5.41, 5.74) is 3.41. The van der Waals surface area contributed by atoms with Crippen LogP contribution < -0.4 is 0 Å². The SMILES string of the molecule is Cn1cccc1C1CCCN1CC(=O)N1CCC(c2ccccc2)=N1. The van der Waals surface area contributed by atoms with Crippen molar-refractivity contribution in [3.63, 3.8) is 0 Å². The van der Waals surface area contributed by atoms with Crippen LogP contribution in [0.1, 0.15) is 36.6 Å². The molecule has 0 radical (unpaired) electrons. The summed E-state index contributed by atoms with van der Waals surface area (Å²) in [5, 5.41) is 6.23. The van der Waals surface area contributed by atoms with E-state index in [-0.39, 0.29) is 5.91 Å². The van der Waals surface area contributed by atoms with Crippen LogP contribution in [0, 0.1) is 0 Å². The maximum absolute atomic E-state index is 12.7.